The predicted octanol–water partition coefficient (Wildman–Crippen LogP) is 2.48. The fourth-order valence-corrected chi connectivity index (χ4v) is 1.84. The first-order chi connectivity index (χ1) is 6.90. The summed E-state index contributed by atoms with van der Waals surface area (Å²) in [6.07, 6.45) is 0.0113. The van der Waals surface area contributed by atoms with Crippen molar-refractivity contribution in [1.82, 2.24) is 10.2 Å². The van der Waals surface area contributed by atoms with Gasteiger partial charge in [-0.1, -0.05) is 19.3 Å². The lowest BCUT2D eigenvalue weighted by atomic mass is 9.95. The Kier molecular flexibility index (Phi) is 3.82. The highest BCUT2D eigenvalue weighted by Gasteiger charge is 2.33. The minimum atomic E-state index is -4.64. The zero-order chi connectivity index (χ0) is 11.5. The van der Waals surface area contributed by atoms with Gasteiger partial charge in [0.05, 0.1) is 0 Å². The summed E-state index contributed by atoms with van der Waals surface area (Å²) in [6, 6.07) is -1.12. The van der Waals surface area contributed by atoms with Crippen molar-refractivity contribution in [3.05, 3.63) is 0 Å². The molecule has 0 radical (unpaired) electrons. The van der Waals surface area contributed by atoms with Gasteiger partial charge in [-0.15, -0.1) is 0 Å². The molecule has 0 unspecified atom stereocenters. The summed E-state index contributed by atoms with van der Waals surface area (Å²) in [4.78, 5) is 12.3. The number of nitrogens with zero attached hydrogens (tertiary/aromatic N) is 1. The van der Waals surface area contributed by atoms with Crippen LogP contribution in [0.15, 0.2) is 0 Å². The first kappa shape index (κ1) is 12.1. The molecule has 1 aliphatic carbocycles. The molecule has 1 N–H and O–H groups in total. The Hall–Kier alpha value is -0.940. The monoisotopic (exact) mass is 224 g/mol. The highest BCUT2D eigenvalue weighted by molar-refractivity contribution is 5.74. The summed E-state index contributed by atoms with van der Waals surface area (Å²) in [6.45, 7) is 0. The van der Waals surface area contributed by atoms with Gasteiger partial charge in [0.1, 0.15) is 0 Å². The molecule has 0 atom stereocenters. The van der Waals surface area contributed by atoms with Crippen molar-refractivity contribution in [3.8, 4) is 0 Å². The van der Waals surface area contributed by atoms with E-state index in [1.165, 1.54) is 7.05 Å². The number of halogens is 3. The number of carbonyl (C=O) groups is 1. The van der Waals surface area contributed by atoms with Crippen molar-refractivity contribution in [2.24, 2.45) is 0 Å². The standard InChI is InChI=1S/C9H15F3N2O/c1-14(7-5-3-2-4-6-7)8(15)13-9(10,11)12/h7H,2-6H2,1H3,(H,13,15). The normalized spacial score (nSPS) is 18.7. The molecule has 0 spiro atoms. The molecule has 0 heterocycles. The van der Waals surface area contributed by atoms with E-state index in [0.717, 1.165) is 42.3 Å². The fourth-order valence-electron chi connectivity index (χ4n) is 1.84. The van der Waals surface area contributed by atoms with E-state index in [9.17, 15) is 18.0 Å². The number of alkyl halides is 3. The number of urea groups is 1. The van der Waals surface area contributed by atoms with Crippen molar-refractivity contribution in [1.29, 1.82) is 0 Å². The molecule has 1 rings (SSSR count). The van der Waals surface area contributed by atoms with Crippen LogP contribution in [0, 0.1) is 0 Å². The second kappa shape index (κ2) is 4.72. The van der Waals surface area contributed by atoms with Crippen LogP contribution < -0.4 is 5.32 Å². The minimum absolute atomic E-state index is 0.0545. The van der Waals surface area contributed by atoms with Crippen LogP contribution in [-0.2, 0) is 0 Å². The Balaban J connectivity index is 2.44. The van der Waals surface area contributed by atoms with Crippen molar-refractivity contribution in [2.45, 2.75) is 44.4 Å². The summed E-state index contributed by atoms with van der Waals surface area (Å²) >= 11 is 0. The Morgan fingerprint density at radius 3 is 2.27 bits per heavy atom. The summed E-state index contributed by atoms with van der Waals surface area (Å²) in [7, 11) is 1.41. The van der Waals surface area contributed by atoms with E-state index in [2.05, 4.69) is 0 Å². The minimum Gasteiger partial charge on any atom is -0.325 e. The maximum atomic E-state index is 11.9. The van der Waals surface area contributed by atoms with Gasteiger partial charge in [-0.05, 0) is 12.8 Å². The largest absolute Gasteiger partial charge is 0.485 e. The Labute approximate surface area is 86.6 Å². The number of hydrogen-bond acceptors (Lipinski definition) is 1. The van der Waals surface area contributed by atoms with Gasteiger partial charge in [0, 0.05) is 13.1 Å². The van der Waals surface area contributed by atoms with Gasteiger partial charge in [-0.2, -0.15) is 13.2 Å². The maximum Gasteiger partial charge on any atom is 0.485 e. The van der Waals surface area contributed by atoms with Gasteiger partial charge >= 0.3 is 12.3 Å². The van der Waals surface area contributed by atoms with Crippen molar-refractivity contribution >= 4 is 6.03 Å². The molecule has 6 heteroatoms. The van der Waals surface area contributed by atoms with Crippen LogP contribution in [0.1, 0.15) is 32.1 Å². The summed E-state index contributed by atoms with van der Waals surface area (Å²) in [5.41, 5.74) is 0. The quantitative estimate of drug-likeness (QED) is 0.682. The van der Waals surface area contributed by atoms with Crippen molar-refractivity contribution in [3.63, 3.8) is 0 Å². The van der Waals surface area contributed by atoms with Crippen LogP contribution in [0.3, 0.4) is 0 Å². The zero-order valence-corrected chi connectivity index (χ0v) is 8.60. The van der Waals surface area contributed by atoms with E-state index >= 15 is 0 Å². The summed E-state index contributed by atoms with van der Waals surface area (Å²) in [5.74, 6) is 0. The van der Waals surface area contributed by atoms with Gasteiger partial charge in [-0.25, -0.2) is 10.1 Å². The molecule has 3 nitrogen and oxygen atoms in total. The van der Waals surface area contributed by atoms with Gasteiger partial charge in [0.2, 0.25) is 0 Å². The SMILES string of the molecule is CN(C(=O)NC(F)(F)F)C1CCCCC1. The van der Waals surface area contributed by atoms with E-state index in [0.29, 0.717) is 0 Å². The number of nitrogens with one attached hydrogen (secondary N) is 1. The molecule has 15 heavy (non-hydrogen) atoms. The lowest BCUT2D eigenvalue weighted by Crippen LogP contribution is -2.49. The molecular weight excluding hydrogens is 209 g/mol. The van der Waals surface area contributed by atoms with Crippen LogP contribution in [0.2, 0.25) is 0 Å². The second-order valence-electron chi connectivity index (χ2n) is 3.83. The van der Waals surface area contributed by atoms with Crippen LogP contribution >= 0.6 is 0 Å². The van der Waals surface area contributed by atoms with Gasteiger partial charge < -0.3 is 4.90 Å². The van der Waals surface area contributed by atoms with E-state index in [4.69, 9.17) is 0 Å². The average Bonchev–Trinajstić information content (AvgIpc) is 2.15. The third-order valence-electron chi connectivity index (χ3n) is 2.69. The summed E-state index contributed by atoms with van der Waals surface area (Å²) in [5, 5.41) is 1.00. The summed E-state index contributed by atoms with van der Waals surface area (Å²) < 4.78 is 35.6. The van der Waals surface area contributed by atoms with Crippen molar-refractivity contribution < 1.29 is 18.0 Å². The maximum absolute atomic E-state index is 11.9. The second-order valence-corrected chi connectivity index (χ2v) is 3.83. The zero-order valence-electron chi connectivity index (χ0n) is 8.60. The topological polar surface area (TPSA) is 32.3 Å². The molecule has 1 saturated carbocycles. The molecule has 0 bridgehead atoms. The highest BCUT2D eigenvalue weighted by Crippen LogP contribution is 2.22. The van der Waals surface area contributed by atoms with Crippen LogP contribution in [0.25, 0.3) is 0 Å². The predicted molar refractivity (Wildman–Crippen MR) is 49.2 cm³/mol. The Bertz CT molecular complexity index is 224. The van der Waals surface area contributed by atoms with E-state index < -0.39 is 12.3 Å². The van der Waals surface area contributed by atoms with Crippen LogP contribution in [0.4, 0.5) is 18.0 Å². The van der Waals surface area contributed by atoms with Gasteiger partial charge in [-0.3, -0.25) is 0 Å². The smallest absolute Gasteiger partial charge is 0.325 e. The molecule has 0 aromatic heterocycles. The number of amides is 2. The highest BCUT2D eigenvalue weighted by atomic mass is 19.4. The molecule has 0 aliphatic heterocycles. The average molecular weight is 224 g/mol. The lowest BCUT2D eigenvalue weighted by Gasteiger charge is -2.31. The third-order valence-corrected chi connectivity index (χ3v) is 2.69. The molecule has 0 aromatic carbocycles. The first-order valence-corrected chi connectivity index (χ1v) is 5.02. The Morgan fingerprint density at radius 2 is 1.80 bits per heavy atom. The Morgan fingerprint density at radius 1 is 1.27 bits per heavy atom. The molecule has 0 aromatic rings. The molecule has 88 valence electrons. The van der Waals surface area contributed by atoms with E-state index in [-0.39, 0.29) is 6.04 Å². The fraction of sp³-hybridized carbons (Fsp3) is 0.889. The van der Waals surface area contributed by atoms with Crippen LogP contribution in [0.5, 0.6) is 0 Å². The number of rotatable bonds is 1. The molecule has 0 saturated heterocycles. The van der Waals surface area contributed by atoms with E-state index in [1.807, 2.05) is 0 Å². The molecule has 1 aliphatic rings. The van der Waals surface area contributed by atoms with Crippen LogP contribution in [-0.4, -0.2) is 30.3 Å². The lowest BCUT2D eigenvalue weighted by molar-refractivity contribution is -0.147. The van der Waals surface area contributed by atoms with Gasteiger partial charge in [0.25, 0.3) is 0 Å². The van der Waals surface area contributed by atoms with Gasteiger partial charge in [0.15, 0.2) is 0 Å². The molecular formula is C9H15F3N2O. The number of carbonyl (C=O) groups excluding carboxylic acids is 1. The number of hydrogen-bond donors (Lipinski definition) is 1. The van der Waals surface area contributed by atoms with E-state index in [1.54, 1.807) is 0 Å². The first-order valence-electron chi connectivity index (χ1n) is 5.02. The third kappa shape index (κ3) is 3.97. The molecule has 1 fully saturated rings. The molecule has 2 amide bonds. The van der Waals surface area contributed by atoms with Crippen molar-refractivity contribution in [2.75, 3.05) is 7.05 Å².